The summed E-state index contributed by atoms with van der Waals surface area (Å²) in [6, 6.07) is 14.0. The van der Waals surface area contributed by atoms with E-state index in [9.17, 15) is 14.0 Å². The zero-order chi connectivity index (χ0) is 24.8. The maximum atomic E-state index is 14.6. The van der Waals surface area contributed by atoms with Crippen LogP contribution < -0.4 is 11.1 Å². The van der Waals surface area contributed by atoms with Gasteiger partial charge in [-0.2, -0.15) is 5.10 Å². The summed E-state index contributed by atoms with van der Waals surface area (Å²) in [7, 11) is 0. The van der Waals surface area contributed by atoms with Gasteiger partial charge in [0, 0.05) is 12.1 Å². The Balaban J connectivity index is 1.50. The van der Waals surface area contributed by atoms with Gasteiger partial charge in [0.05, 0.1) is 17.5 Å². The molecule has 0 saturated heterocycles. The van der Waals surface area contributed by atoms with Crippen LogP contribution in [0.25, 0.3) is 22.3 Å². The van der Waals surface area contributed by atoms with Crippen LogP contribution in [0.2, 0.25) is 0 Å². The van der Waals surface area contributed by atoms with E-state index in [0.717, 1.165) is 11.6 Å². The molecule has 0 saturated carbocycles. The number of ketones is 1. The molecule has 0 unspecified atom stereocenters. The predicted octanol–water partition coefficient (Wildman–Crippen LogP) is 3.50. The van der Waals surface area contributed by atoms with Gasteiger partial charge in [0.25, 0.3) is 0 Å². The summed E-state index contributed by atoms with van der Waals surface area (Å²) in [4.78, 5) is 32.3. The lowest BCUT2D eigenvalue weighted by molar-refractivity contribution is -0.116. The van der Waals surface area contributed by atoms with Crippen molar-refractivity contribution in [2.45, 2.75) is 13.0 Å². The number of anilines is 1. The quantitative estimate of drug-likeness (QED) is 0.286. The van der Waals surface area contributed by atoms with Gasteiger partial charge >= 0.3 is 0 Å². The summed E-state index contributed by atoms with van der Waals surface area (Å²) in [5, 5.41) is 7.82. The fraction of sp³-hybridized carbons (Fsp3) is 0.115. The molecule has 35 heavy (non-hydrogen) atoms. The van der Waals surface area contributed by atoms with Gasteiger partial charge in [-0.05, 0) is 36.3 Å². The van der Waals surface area contributed by atoms with Crippen LogP contribution in [0, 0.1) is 5.82 Å². The summed E-state index contributed by atoms with van der Waals surface area (Å²) in [5.41, 5.74) is 8.36. The Morgan fingerprint density at radius 1 is 1.14 bits per heavy atom. The zero-order valence-electron chi connectivity index (χ0n) is 18.8. The third-order valence-electron chi connectivity index (χ3n) is 5.34. The number of halogens is 1. The Morgan fingerprint density at radius 3 is 2.69 bits per heavy atom. The highest BCUT2D eigenvalue weighted by Crippen LogP contribution is 2.31. The van der Waals surface area contributed by atoms with E-state index in [0.29, 0.717) is 35.3 Å². The van der Waals surface area contributed by atoms with E-state index >= 15 is 0 Å². The highest BCUT2D eigenvalue weighted by molar-refractivity contribution is 6.05. The number of benzene rings is 2. The first-order valence-electron chi connectivity index (χ1n) is 10.9. The second-order valence-electron chi connectivity index (χ2n) is 7.68. The number of nitrogens with zero attached hydrogens (tertiary/aromatic N) is 4. The molecule has 4 rings (SSSR count). The monoisotopic (exact) mass is 470 g/mol. The molecule has 2 heterocycles. The Kier molecular flexibility index (Phi) is 7.06. The topological polar surface area (TPSA) is 116 Å². The summed E-state index contributed by atoms with van der Waals surface area (Å²) in [5.74, 6) is -1.24. The van der Waals surface area contributed by atoms with Gasteiger partial charge in [-0.25, -0.2) is 19.0 Å². The maximum absolute atomic E-state index is 14.6. The van der Waals surface area contributed by atoms with Crippen LogP contribution in [0.1, 0.15) is 15.9 Å². The normalized spacial score (nSPS) is 11.1. The van der Waals surface area contributed by atoms with Crippen LogP contribution in [0.4, 0.5) is 10.2 Å². The zero-order valence-corrected chi connectivity index (χ0v) is 18.8. The van der Waals surface area contributed by atoms with Gasteiger partial charge in [0.15, 0.2) is 11.4 Å². The molecule has 0 atom stereocenters. The summed E-state index contributed by atoms with van der Waals surface area (Å²) in [6.07, 6.45) is 6.32. The number of fused-ring (bicyclic) bond motifs is 1. The van der Waals surface area contributed by atoms with Crippen molar-refractivity contribution in [2.24, 2.45) is 0 Å². The van der Waals surface area contributed by atoms with Crippen LogP contribution in [0.15, 0.2) is 79.7 Å². The Morgan fingerprint density at radius 2 is 1.94 bits per heavy atom. The molecule has 0 aliphatic heterocycles. The molecule has 0 radical (unpaired) electrons. The average molecular weight is 471 g/mol. The summed E-state index contributed by atoms with van der Waals surface area (Å²) >= 11 is 0. The van der Waals surface area contributed by atoms with Crippen molar-refractivity contribution in [3.8, 4) is 11.3 Å². The first-order valence-corrected chi connectivity index (χ1v) is 10.9. The average Bonchev–Trinajstić information content (AvgIpc) is 3.24. The molecule has 0 spiro atoms. The standard InChI is InChI=1S/C26H23FN6O2/c1-2-21(34)19-12-11-18(15-20(19)27)24-23-25(28)30-16-31-26(23)33(32-24)14-13-29-22(35)10-6-9-17-7-4-3-5-8-17/h2-8,10-12,15-16H,1,9,13-14H2,(H,29,35)(H2,28,30,31). The van der Waals surface area contributed by atoms with E-state index in [1.807, 2.05) is 30.3 Å². The number of aromatic nitrogens is 4. The van der Waals surface area contributed by atoms with Crippen LogP contribution >= 0.6 is 0 Å². The molecule has 176 valence electrons. The minimum atomic E-state index is -0.694. The maximum Gasteiger partial charge on any atom is 0.243 e. The third-order valence-corrected chi connectivity index (χ3v) is 5.34. The van der Waals surface area contributed by atoms with Gasteiger partial charge in [-0.3, -0.25) is 9.59 Å². The van der Waals surface area contributed by atoms with E-state index in [-0.39, 0.29) is 23.8 Å². The van der Waals surface area contributed by atoms with E-state index in [4.69, 9.17) is 5.73 Å². The van der Waals surface area contributed by atoms with Crippen molar-refractivity contribution in [3.05, 3.63) is 96.6 Å². The van der Waals surface area contributed by atoms with Crippen molar-refractivity contribution in [1.29, 1.82) is 0 Å². The highest BCUT2D eigenvalue weighted by Gasteiger charge is 2.19. The second-order valence-corrected chi connectivity index (χ2v) is 7.68. The number of carbonyl (C=O) groups is 2. The number of hydrogen-bond donors (Lipinski definition) is 2. The number of rotatable bonds is 9. The molecular weight excluding hydrogens is 447 g/mol. The number of amides is 1. The first kappa shape index (κ1) is 23.5. The molecule has 2 aromatic carbocycles. The largest absolute Gasteiger partial charge is 0.383 e. The van der Waals surface area contributed by atoms with E-state index in [1.54, 1.807) is 16.8 Å². The molecule has 2 aromatic heterocycles. The van der Waals surface area contributed by atoms with Gasteiger partial charge in [-0.15, -0.1) is 0 Å². The Hall–Kier alpha value is -4.66. The first-order chi connectivity index (χ1) is 17.0. The molecular formula is C26H23FN6O2. The van der Waals surface area contributed by atoms with Crippen molar-refractivity contribution in [3.63, 3.8) is 0 Å². The van der Waals surface area contributed by atoms with Crippen LogP contribution in [-0.4, -0.2) is 38.0 Å². The number of nitrogens with one attached hydrogen (secondary N) is 1. The van der Waals surface area contributed by atoms with Crippen molar-refractivity contribution < 1.29 is 14.0 Å². The molecule has 9 heteroatoms. The number of nitrogen functional groups attached to an aromatic ring is 1. The molecule has 3 N–H and O–H groups in total. The van der Waals surface area contributed by atoms with Crippen LogP contribution in [-0.2, 0) is 17.8 Å². The summed E-state index contributed by atoms with van der Waals surface area (Å²) in [6.45, 7) is 3.98. The molecule has 0 bridgehead atoms. The van der Waals surface area contributed by atoms with Crippen LogP contribution in [0.3, 0.4) is 0 Å². The molecule has 4 aromatic rings. The summed E-state index contributed by atoms with van der Waals surface area (Å²) < 4.78 is 16.1. The number of allylic oxidation sites excluding steroid dienone is 2. The van der Waals surface area contributed by atoms with Crippen molar-refractivity contribution in [1.82, 2.24) is 25.1 Å². The van der Waals surface area contributed by atoms with E-state index in [2.05, 4.69) is 27.0 Å². The number of carbonyl (C=O) groups excluding carboxylic acids is 2. The lowest BCUT2D eigenvalue weighted by Gasteiger charge is -2.04. The molecule has 0 fully saturated rings. The fourth-order valence-corrected chi connectivity index (χ4v) is 3.62. The van der Waals surface area contributed by atoms with Crippen molar-refractivity contribution in [2.75, 3.05) is 12.3 Å². The predicted molar refractivity (Wildman–Crippen MR) is 132 cm³/mol. The second kappa shape index (κ2) is 10.5. The smallest absolute Gasteiger partial charge is 0.243 e. The third kappa shape index (κ3) is 5.30. The lowest BCUT2D eigenvalue weighted by Crippen LogP contribution is -2.25. The molecule has 0 aliphatic carbocycles. The number of nitrogens with two attached hydrogens (primary N) is 1. The number of hydrogen-bond acceptors (Lipinski definition) is 6. The minimum absolute atomic E-state index is 0.0836. The van der Waals surface area contributed by atoms with Gasteiger partial charge in [-0.1, -0.05) is 49.1 Å². The highest BCUT2D eigenvalue weighted by atomic mass is 19.1. The Labute approximate surface area is 201 Å². The SMILES string of the molecule is C=CC(=O)c1ccc(-c2nn(CCNC(=O)C=CCc3ccccc3)c3ncnc(N)c23)cc1F. The minimum Gasteiger partial charge on any atom is -0.383 e. The fourth-order valence-electron chi connectivity index (χ4n) is 3.62. The molecule has 8 nitrogen and oxygen atoms in total. The molecule has 1 amide bonds. The van der Waals surface area contributed by atoms with Gasteiger partial charge in [0.1, 0.15) is 23.7 Å². The lowest BCUT2D eigenvalue weighted by atomic mass is 10.0. The van der Waals surface area contributed by atoms with E-state index in [1.165, 1.54) is 24.5 Å². The Bertz CT molecular complexity index is 1430. The molecule has 0 aliphatic rings. The van der Waals surface area contributed by atoms with Gasteiger partial charge in [0.2, 0.25) is 5.91 Å². The van der Waals surface area contributed by atoms with Crippen LogP contribution in [0.5, 0.6) is 0 Å². The van der Waals surface area contributed by atoms with E-state index < -0.39 is 11.6 Å². The van der Waals surface area contributed by atoms with Gasteiger partial charge < -0.3 is 11.1 Å². The van der Waals surface area contributed by atoms with Crippen molar-refractivity contribution >= 4 is 28.5 Å².